The van der Waals surface area contributed by atoms with E-state index in [0.29, 0.717) is 0 Å². The number of halogens is 1. The van der Waals surface area contributed by atoms with Crippen LogP contribution in [0.15, 0.2) is 42.6 Å². The Hall–Kier alpha value is -2.27. The largest absolute Gasteiger partial charge is 0.343 e. The number of amides is 1. The number of nitrogens with zero attached hydrogens (tertiary/aromatic N) is 1. The minimum absolute atomic E-state index is 0.0122. The fraction of sp³-hybridized carbons (Fsp3) is 0.368. The lowest BCUT2D eigenvalue weighted by molar-refractivity contribution is -0.126. The molecule has 0 radical (unpaired) electrons. The van der Waals surface area contributed by atoms with Crippen molar-refractivity contribution in [1.29, 1.82) is 0 Å². The first-order valence-corrected chi connectivity index (χ1v) is 8.33. The van der Waals surface area contributed by atoms with Crippen LogP contribution in [0.25, 0.3) is 0 Å². The van der Waals surface area contributed by atoms with Crippen LogP contribution in [0.3, 0.4) is 0 Å². The van der Waals surface area contributed by atoms with Crippen molar-refractivity contribution >= 4 is 5.91 Å². The Labute approximate surface area is 141 Å². The lowest BCUT2D eigenvalue weighted by Crippen LogP contribution is -2.40. The molecule has 5 heteroatoms. The van der Waals surface area contributed by atoms with Crippen LogP contribution in [0, 0.1) is 18.7 Å². The standard InChI is InChI=1S/C19H22FN3O/c1-13-3-2-10-22-17(13)18(14-4-6-16(20)7-5-14)23-19(24)15-8-11-21-12-9-15/h2-7,10,15,18,21H,8-9,11-12H2,1H3,(H,23,24). The highest BCUT2D eigenvalue weighted by Crippen LogP contribution is 2.24. The number of carbonyl (C=O) groups excluding carboxylic acids is 1. The smallest absolute Gasteiger partial charge is 0.224 e. The Morgan fingerprint density at radius 1 is 1.25 bits per heavy atom. The van der Waals surface area contributed by atoms with Crippen molar-refractivity contribution in [1.82, 2.24) is 15.6 Å². The van der Waals surface area contributed by atoms with Gasteiger partial charge in [0, 0.05) is 12.1 Å². The summed E-state index contributed by atoms with van der Waals surface area (Å²) in [5.74, 6) is -0.242. The highest BCUT2D eigenvalue weighted by molar-refractivity contribution is 5.79. The number of hydrogen-bond donors (Lipinski definition) is 2. The maximum absolute atomic E-state index is 13.3. The lowest BCUT2D eigenvalue weighted by Gasteiger charge is -2.26. The van der Waals surface area contributed by atoms with Crippen LogP contribution in [0.5, 0.6) is 0 Å². The molecule has 0 bridgehead atoms. The summed E-state index contributed by atoms with van der Waals surface area (Å²) >= 11 is 0. The summed E-state index contributed by atoms with van der Waals surface area (Å²) in [4.78, 5) is 17.1. The van der Waals surface area contributed by atoms with Gasteiger partial charge < -0.3 is 10.6 Å². The van der Waals surface area contributed by atoms with Crippen molar-refractivity contribution in [2.45, 2.75) is 25.8 Å². The number of rotatable bonds is 4. The third-order valence-corrected chi connectivity index (χ3v) is 4.52. The molecule has 4 nitrogen and oxygen atoms in total. The molecule has 1 fully saturated rings. The van der Waals surface area contributed by atoms with Crippen LogP contribution in [0.1, 0.15) is 35.7 Å². The zero-order valence-corrected chi connectivity index (χ0v) is 13.8. The van der Waals surface area contributed by atoms with E-state index in [-0.39, 0.29) is 23.7 Å². The fourth-order valence-corrected chi connectivity index (χ4v) is 3.11. The van der Waals surface area contributed by atoms with Gasteiger partial charge in [-0.25, -0.2) is 4.39 Å². The van der Waals surface area contributed by atoms with Crippen molar-refractivity contribution < 1.29 is 9.18 Å². The van der Waals surface area contributed by atoms with E-state index < -0.39 is 0 Å². The first kappa shape index (κ1) is 16.6. The molecule has 1 aliphatic rings. The number of benzene rings is 1. The van der Waals surface area contributed by atoms with E-state index in [2.05, 4.69) is 15.6 Å². The van der Waals surface area contributed by atoms with Gasteiger partial charge in [-0.3, -0.25) is 9.78 Å². The van der Waals surface area contributed by atoms with E-state index in [4.69, 9.17) is 0 Å². The average molecular weight is 327 g/mol. The number of pyridine rings is 1. The number of carbonyl (C=O) groups is 1. The third-order valence-electron chi connectivity index (χ3n) is 4.52. The molecule has 2 heterocycles. The minimum Gasteiger partial charge on any atom is -0.343 e. The van der Waals surface area contributed by atoms with Gasteiger partial charge >= 0.3 is 0 Å². The topological polar surface area (TPSA) is 54.0 Å². The molecule has 0 aliphatic carbocycles. The molecule has 2 N–H and O–H groups in total. The molecule has 1 unspecified atom stereocenters. The molecule has 2 aromatic rings. The second-order valence-electron chi connectivity index (χ2n) is 6.22. The molecule has 1 aromatic heterocycles. The molecule has 1 aliphatic heterocycles. The maximum Gasteiger partial charge on any atom is 0.224 e. The molecular weight excluding hydrogens is 305 g/mol. The molecule has 24 heavy (non-hydrogen) atoms. The van der Waals surface area contributed by atoms with Crippen molar-refractivity contribution in [3.63, 3.8) is 0 Å². The second-order valence-corrected chi connectivity index (χ2v) is 6.22. The van der Waals surface area contributed by atoms with Gasteiger partial charge in [0.15, 0.2) is 0 Å². The SMILES string of the molecule is Cc1cccnc1C(NC(=O)C1CCNCC1)c1ccc(F)cc1. The molecular formula is C19H22FN3O. The van der Waals surface area contributed by atoms with Crippen LogP contribution >= 0.6 is 0 Å². The van der Waals surface area contributed by atoms with Crippen LogP contribution in [-0.4, -0.2) is 24.0 Å². The Balaban J connectivity index is 1.88. The summed E-state index contributed by atoms with van der Waals surface area (Å²) in [5, 5.41) is 6.40. The van der Waals surface area contributed by atoms with E-state index in [1.54, 1.807) is 18.3 Å². The van der Waals surface area contributed by atoms with Gasteiger partial charge in [0.1, 0.15) is 5.82 Å². The van der Waals surface area contributed by atoms with Crippen molar-refractivity contribution in [3.8, 4) is 0 Å². The first-order valence-electron chi connectivity index (χ1n) is 8.33. The minimum atomic E-state index is -0.366. The van der Waals surface area contributed by atoms with Crippen molar-refractivity contribution in [3.05, 3.63) is 65.2 Å². The molecule has 0 spiro atoms. The zero-order chi connectivity index (χ0) is 16.9. The Kier molecular flexibility index (Phi) is 5.20. The molecule has 1 atom stereocenters. The van der Waals surface area contributed by atoms with Gasteiger partial charge in [-0.2, -0.15) is 0 Å². The van der Waals surface area contributed by atoms with Gasteiger partial charge in [0.05, 0.1) is 11.7 Å². The van der Waals surface area contributed by atoms with Gasteiger partial charge in [-0.15, -0.1) is 0 Å². The number of hydrogen-bond acceptors (Lipinski definition) is 3. The van der Waals surface area contributed by atoms with Gasteiger partial charge in [0.25, 0.3) is 0 Å². The van der Waals surface area contributed by atoms with E-state index in [1.807, 2.05) is 19.1 Å². The van der Waals surface area contributed by atoms with Crippen molar-refractivity contribution in [2.75, 3.05) is 13.1 Å². The van der Waals surface area contributed by atoms with E-state index >= 15 is 0 Å². The van der Waals surface area contributed by atoms with Crippen LogP contribution < -0.4 is 10.6 Å². The molecule has 1 aromatic carbocycles. The van der Waals surface area contributed by atoms with E-state index in [0.717, 1.165) is 42.8 Å². The number of aryl methyl sites for hydroxylation is 1. The monoisotopic (exact) mass is 327 g/mol. The maximum atomic E-state index is 13.3. The van der Waals surface area contributed by atoms with Crippen molar-refractivity contribution in [2.24, 2.45) is 5.92 Å². The summed E-state index contributed by atoms with van der Waals surface area (Å²) in [6.07, 6.45) is 3.39. The van der Waals surface area contributed by atoms with Crippen LogP contribution in [-0.2, 0) is 4.79 Å². The third kappa shape index (κ3) is 3.79. The zero-order valence-electron chi connectivity index (χ0n) is 13.8. The Morgan fingerprint density at radius 2 is 1.96 bits per heavy atom. The molecule has 3 rings (SSSR count). The molecule has 126 valence electrons. The van der Waals surface area contributed by atoms with Gasteiger partial charge in [-0.1, -0.05) is 18.2 Å². The lowest BCUT2D eigenvalue weighted by atomic mass is 9.94. The molecule has 1 amide bonds. The number of nitrogens with one attached hydrogen (secondary N) is 2. The first-order chi connectivity index (χ1) is 11.6. The number of aromatic nitrogens is 1. The van der Waals surface area contributed by atoms with Gasteiger partial charge in [0.2, 0.25) is 5.91 Å². The normalized spacial score (nSPS) is 16.6. The molecule has 1 saturated heterocycles. The quantitative estimate of drug-likeness (QED) is 0.908. The summed E-state index contributed by atoms with van der Waals surface area (Å²) in [5.41, 5.74) is 2.63. The van der Waals surface area contributed by atoms with E-state index in [9.17, 15) is 9.18 Å². The summed E-state index contributed by atoms with van der Waals surface area (Å²) < 4.78 is 13.3. The average Bonchev–Trinajstić information content (AvgIpc) is 2.62. The summed E-state index contributed by atoms with van der Waals surface area (Å²) in [7, 11) is 0. The summed E-state index contributed by atoms with van der Waals surface area (Å²) in [6.45, 7) is 3.69. The predicted molar refractivity (Wildman–Crippen MR) is 91.0 cm³/mol. The van der Waals surface area contributed by atoms with E-state index in [1.165, 1.54) is 12.1 Å². The Morgan fingerprint density at radius 3 is 2.62 bits per heavy atom. The summed E-state index contributed by atoms with van der Waals surface area (Å²) in [6, 6.07) is 9.71. The van der Waals surface area contributed by atoms with Crippen LogP contribution in [0.2, 0.25) is 0 Å². The fourth-order valence-electron chi connectivity index (χ4n) is 3.11. The Bertz CT molecular complexity index is 696. The van der Waals surface area contributed by atoms with Crippen LogP contribution in [0.4, 0.5) is 4.39 Å². The highest BCUT2D eigenvalue weighted by Gasteiger charge is 2.26. The predicted octanol–water partition coefficient (Wildman–Crippen LogP) is 2.73. The highest BCUT2D eigenvalue weighted by atomic mass is 19.1. The van der Waals surface area contributed by atoms with Gasteiger partial charge in [-0.05, 0) is 62.2 Å². The molecule has 0 saturated carbocycles. The second kappa shape index (κ2) is 7.53. The number of piperidine rings is 1.